The van der Waals surface area contributed by atoms with Crippen LogP contribution in [0.1, 0.15) is 26.2 Å². The molecule has 82 valence electrons. The Bertz CT molecular complexity index is 302. The SMILES string of the molecule is CC1CC1NC(=O)C1(C#N)CCOCC1. The van der Waals surface area contributed by atoms with Crippen LogP contribution in [0, 0.1) is 22.7 Å². The van der Waals surface area contributed by atoms with Gasteiger partial charge in [0.1, 0.15) is 5.41 Å². The summed E-state index contributed by atoms with van der Waals surface area (Å²) in [6.45, 7) is 3.14. The number of hydrogen-bond acceptors (Lipinski definition) is 3. The Morgan fingerprint density at radius 1 is 1.53 bits per heavy atom. The second kappa shape index (κ2) is 3.82. The molecular weight excluding hydrogens is 192 g/mol. The molecule has 0 aromatic rings. The van der Waals surface area contributed by atoms with Crippen molar-refractivity contribution in [3.05, 3.63) is 0 Å². The number of nitriles is 1. The van der Waals surface area contributed by atoms with Gasteiger partial charge in [0.25, 0.3) is 0 Å². The van der Waals surface area contributed by atoms with E-state index in [2.05, 4.69) is 18.3 Å². The molecule has 4 nitrogen and oxygen atoms in total. The molecular formula is C11H16N2O2. The van der Waals surface area contributed by atoms with E-state index in [1.165, 1.54) is 0 Å². The molecule has 1 saturated carbocycles. The Morgan fingerprint density at radius 3 is 2.60 bits per heavy atom. The Labute approximate surface area is 89.6 Å². The lowest BCUT2D eigenvalue weighted by Gasteiger charge is -2.29. The summed E-state index contributed by atoms with van der Waals surface area (Å²) in [7, 11) is 0. The lowest BCUT2D eigenvalue weighted by molar-refractivity contribution is -0.132. The number of nitrogens with zero attached hydrogens (tertiary/aromatic N) is 1. The minimum Gasteiger partial charge on any atom is -0.381 e. The summed E-state index contributed by atoms with van der Waals surface area (Å²) in [5.41, 5.74) is -0.833. The van der Waals surface area contributed by atoms with E-state index in [-0.39, 0.29) is 5.91 Å². The van der Waals surface area contributed by atoms with Crippen LogP contribution in [0.15, 0.2) is 0 Å². The summed E-state index contributed by atoms with van der Waals surface area (Å²) in [4.78, 5) is 12.0. The summed E-state index contributed by atoms with van der Waals surface area (Å²) in [5, 5.41) is 12.1. The van der Waals surface area contributed by atoms with Gasteiger partial charge in [-0.3, -0.25) is 4.79 Å². The molecule has 15 heavy (non-hydrogen) atoms. The number of carbonyl (C=O) groups is 1. The molecule has 4 heteroatoms. The van der Waals surface area contributed by atoms with Crippen LogP contribution in [0.2, 0.25) is 0 Å². The number of carbonyl (C=O) groups excluding carboxylic acids is 1. The maximum Gasteiger partial charge on any atom is 0.240 e. The summed E-state index contributed by atoms with van der Waals surface area (Å²) >= 11 is 0. The standard InChI is InChI=1S/C11H16N2O2/c1-8-6-9(8)13-10(14)11(7-12)2-4-15-5-3-11/h8-9H,2-6H2,1H3,(H,13,14). The van der Waals surface area contributed by atoms with Crippen LogP contribution < -0.4 is 5.32 Å². The lowest BCUT2D eigenvalue weighted by atomic mass is 9.81. The third kappa shape index (κ3) is 1.98. The Morgan fingerprint density at radius 2 is 2.13 bits per heavy atom. The molecule has 0 aromatic carbocycles. The van der Waals surface area contributed by atoms with Crippen molar-refractivity contribution in [2.45, 2.75) is 32.2 Å². The molecule has 2 unspecified atom stereocenters. The predicted molar refractivity (Wildman–Crippen MR) is 53.8 cm³/mol. The van der Waals surface area contributed by atoms with Crippen LogP contribution >= 0.6 is 0 Å². The first kappa shape index (κ1) is 10.4. The van der Waals surface area contributed by atoms with Crippen molar-refractivity contribution < 1.29 is 9.53 Å². The Kier molecular flexibility index (Phi) is 2.66. The van der Waals surface area contributed by atoms with E-state index >= 15 is 0 Å². The van der Waals surface area contributed by atoms with Crippen molar-refractivity contribution in [2.75, 3.05) is 13.2 Å². The van der Waals surface area contributed by atoms with Gasteiger partial charge in [-0.25, -0.2) is 0 Å². The third-order valence-electron chi connectivity index (χ3n) is 3.42. The molecule has 0 spiro atoms. The maximum absolute atomic E-state index is 12.0. The molecule has 0 radical (unpaired) electrons. The molecule has 1 N–H and O–H groups in total. The molecule has 0 aromatic heterocycles. The van der Waals surface area contributed by atoms with Gasteiger partial charge in [-0.2, -0.15) is 5.26 Å². The van der Waals surface area contributed by atoms with Gasteiger partial charge in [0, 0.05) is 19.3 Å². The van der Waals surface area contributed by atoms with E-state index in [0.717, 1.165) is 6.42 Å². The van der Waals surface area contributed by atoms with E-state index < -0.39 is 5.41 Å². The molecule has 2 atom stereocenters. The molecule has 1 amide bonds. The average Bonchev–Trinajstić information content (AvgIpc) is 2.95. The van der Waals surface area contributed by atoms with E-state index in [1.807, 2.05) is 0 Å². The van der Waals surface area contributed by atoms with Gasteiger partial charge in [0.05, 0.1) is 6.07 Å². The van der Waals surface area contributed by atoms with E-state index in [4.69, 9.17) is 10.00 Å². The fourth-order valence-electron chi connectivity index (χ4n) is 1.94. The molecule has 2 aliphatic rings. The van der Waals surface area contributed by atoms with Crippen LogP contribution in [-0.4, -0.2) is 25.2 Å². The summed E-state index contributed by atoms with van der Waals surface area (Å²) < 4.78 is 5.19. The molecule has 1 aliphatic heterocycles. The van der Waals surface area contributed by atoms with Gasteiger partial charge >= 0.3 is 0 Å². The number of ether oxygens (including phenoxy) is 1. The zero-order valence-electron chi connectivity index (χ0n) is 8.95. The van der Waals surface area contributed by atoms with E-state index in [1.54, 1.807) is 0 Å². The second-order valence-electron chi connectivity index (χ2n) is 4.60. The highest BCUT2D eigenvalue weighted by Gasteiger charge is 2.44. The van der Waals surface area contributed by atoms with Crippen molar-refractivity contribution in [1.82, 2.24) is 5.32 Å². The molecule has 0 bridgehead atoms. The van der Waals surface area contributed by atoms with Gasteiger partial charge in [-0.05, 0) is 25.2 Å². The topological polar surface area (TPSA) is 62.1 Å². The Hall–Kier alpha value is -1.08. The summed E-state index contributed by atoms with van der Waals surface area (Å²) in [6, 6.07) is 2.47. The number of hydrogen-bond donors (Lipinski definition) is 1. The molecule has 1 saturated heterocycles. The fraction of sp³-hybridized carbons (Fsp3) is 0.818. The van der Waals surface area contributed by atoms with E-state index in [0.29, 0.717) is 38.0 Å². The Balaban J connectivity index is 1.98. The average molecular weight is 208 g/mol. The summed E-state index contributed by atoms with van der Waals surface area (Å²) in [6.07, 6.45) is 2.09. The maximum atomic E-state index is 12.0. The second-order valence-corrected chi connectivity index (χ2v) is 4.60. The number of rotatable bonds is 2. The van der Waals surface area contributed by atoms with Crippen LogP contribution in [0.3, 0.4) is 0 Å². The normalized spacial score (nSPS) is 32.8. The van der Waals surface area contributed by atoms with E-state index in [9.17, 15) is 4.79 Å². The molecule has 1 aliphatic carbocycles. The fourth-order valence-corrected chi connectivity index (χ4v) is 1.94. The van der Waals surface area contributed by atoms with Crippen molar-refractivity contribution in [2.24, 2.45) is 11.3 Å². The first-order valence-electron chi connectivity index (χ1n) is 5.48. The molecule has 2 rings (SSSR count). The van der Waals surface area contributed by atoms with Crippen LogP contribution in [0.25, 0.3) is 0 Å². The zero-order valence-corrected chi connectivity index (χ0v) is 8.95. The first-order chi connectivity index (χ1) is 7.18. The zero-order chi connectivity index (χ0) is 10.9. The molecule has 1 heterocycles. The third-order valence-corrected chi connectivity index (χ3v) is 3.42. The highest BCUT2D eigenvalue weighted by atomic mass is 16.5. The van der Waals surface area contributed by atoms with Crippen molar-refractivity contribution in [3.63, 3.8) is 0 Å². The first-order valence-corrected chi connectivity index (χ1v) is 5.48. The van der Waals surface area contributed by atoms with Crippen LogP contribution in [0.4, 0.5) is 0 Å². The largest absolute Gasteiger partial charge is 0.381 e. The number of amides is 1. The van der Waals surface area contributed by atoms with Crippen molar-refractivity contribution >= 4 is 5.91 Å². The van der Waals surface area contributed by atoms with Crippen LogP contribution in [0.5, 0.6) is 0 Å². The minimum atomic E-state index is -0.833. The minimum absolute atomic E-state index is 0.0948. The monoisotopic (exact) mass is 208 g/mol. The quantitative estimate of drug-likeness (QED) is 0.731. The lowest BCUT2D eigenvalue weighted by Crippen LogP contribution is -2.44. The van der Waals surface area contributed by atoms with Crippen molar-refractivity contribution in [1.29, 1.82) is 5.26 Å². The van der Waals surface area contributed by atoms with Gasteiger partial charge < -0.3 is 10.1 Å². The summed E-state index contributed by atoms with van der Waals surface area (Å²) in [5.74, 6) is 0.479. The van der Waals surface area contributed by atoms with Gasteiger partial charge in [-0.15, -0.1) is 0 Å². The van der Waals surface area contributed by atoms with Gasteiger partial charge in [0.2, 0.25) is 5.91 Å². The smallest absolute Gasteiger partial charge is 0.240 e. The van der Waals surface area contributed by atoms with Crippen molar-refractivity contribution in [3.8, 4) is 6.07 Å². The highest BCUT2D eigenvalue weighted by molar-refractivity contribution is 5.86. The van der Waals surface area contributed by atoms with Gasteiger partial charge in [0.15, 0.2) is 0 Å². The molecule has 2 fully saturated rings. The highest BCUT2D eigenvalue weighted by Crippen LogP contribution is 2.34. The van der Waals surface area contributed by atoms with Gasteiger partial charge in [-0.1, -0.05) is 6.92 Å². The number of nitrogens with one attached hydrogen (secondary N) is 1. The predicted octanol–water partition coefficient (Wildman–Crippen LogP) is 0.831. The van der Waals surface area contributed by atoms with Crippen LogP contribution in [-0.2, 0) is 9.53 Å².